The first kappa shape index (κ1) is 23.7. The third-order valence-corrected chi connectivity index (χ3v) is 4.74. The number of hydrogen-bond donors (Lipinski definition) is 2. The quantitative estimate of drug-likeness (QED) is 0.356. The van der Waals surface area contributed by atoms with Crippen molar-refractivity contribution in [2.24, 2.45) is 4.99 Å². The van der Waals surface area contributed by atoms with E-state index in [1.54, 1.807) is 26.3 Å². The van der Waals surface area contributed by atoms with Gasteiger partial charge >= 0.3 is 0 Å². The highest BCUT2D eigenvalue weighted by Crippen LogP contribution is 2.20. The molecule has 2 aromatic carbocycles. The average molecular weight is 527 g/mol. The Bertz CT molecular complexity index is 855. The van der Waals surface area contributed by atoms with Crippen LogP contribution in [0.2, 0.25) is 0 Å². The van der Waals surface area contributed by atoms with Gasteiger partial charge in [-0.05, 0) is 42.5 Å². The zero-order chi connectivity index (χ0) is 20.6. The molecule has 0 aliphatic carbocycles. The number of ether oxygens (including phenoxy) is 1. The van der Waals surface area contributed by atoms with E-state index in [2.05, 4.69) is 37.6 Å². The lowest BCUT2D eigenvalue weighted by Crippen LogP contribution is -2.53. The minimum absolute atomic E-state index is 0. The third kappa shape index (κ3) is 6.48. The van der Waals surface area contributed by atoms with E-state index in [9.17, 15) is 9.18 Å². The summed E-state index contributed by atoms with van der Waals surface area (Å²) in [5.41, 5.74) is 1.59. The summed E-state index contributed by atoms with van der Waals surface area (Å²) in [5, 5.41) is 5.75. The lowest BCUT2D eigenvalue weighted by atomic mass is 10.2. The summed E-state index contributed by atoms with van der Waals surface area (Å²) in [6.07, 6.45) is 0. The predicted molar refractivity (Wildman–Crippen MR) is 129 cm³/mol. The first-order chi connectivity index (χ1) is 14.1. The molecule has 0 saturated carbocycles. The molecular formula is C21H27FIN5O2. The summed E-state index contributed by atoms with van der Waals surface area (Å²) < 4.78 is 18.4. The number of nitrogens with one attached hydrogen (secondary N) is 2. The molecule has 1 saturated heterocycles. The third-order valence-electron chi connectivity index (χ3n) is 4.74. The fourth-order valence-electron chi connectivity index (χ4n) is 3.23. The van der Waals surface area contributed by atoms with Crippen LogP contribution in [0.3, 0.4) is 0 Å². The van der Waals surface area contributed by atoms with E-state index in [1.807, 2.05) is 12.1 Å². The molecule has 30 heavy (non-hydrogen) atoms. The zero-order valence-corrected chi connectivity index (χ0v) is 19.4. The molecule has 2 aromatic rings. The number of halogens is 2. The highest BCUT2D eigenvalue weighted by Gasteiger charge is 2.20. The molecule has 2 N–H and O–H groups in total. The fourth-order valence-corrected chi connectivity index (χ4v) is 3.23. The molecule has 0 radical (unpaired) electrons. The SMILES string of the molecule is CN=C(NCC(=O)Nc1cccc(F)c1)N1CCN(c2ccc(OC)cc2)CC1.I. The number of hydrogen-bond acceptors (Lipinski definition) is 4. The van der Waals surface area contributed by atoms with Gasteiger partial charge in [0.1, 0.15) is 11.6 Å². The molecule has 1 fully saturated rings. The first-order valence-electron chi connectivity index (χ1n) is 9.49. The summed E-state index contributed by atoms with van der Waals surface area (Å²) >= 11 is 0. The maximum atomic E-state index is 13.2. The molecular weight excluding hydrogens is 500 g/mol. The maximum Gasteiger partial charge on any atom is 0.243 e. The van der Waals surface area contributed by atoms with Gasteiger partial charge in [0.05, 0.1) is 13.7 Å². The van der Waals surface area contributed by atoms with Crippen LogP contribution in [0, 0.1) is 5.82 Å². The van der Waals surface area contributed by atoms with Crippen molar-refractivity contribution in [1.29, 1.82) is 0 Å². The predicted octanol–water partition coefficient (Wildman–Crippen LogP) is 2.79. The molecule has 1 heterocycles. The van der Waals surface area contributed by atoms with Crippen LogP contribution in [0.15, 0.2) is 53.5 Å². The van der Waals surface area contributed by atoms with E-state index < -0.39 is 0 Å². The number of benzene rings is 2. The second kappa shape index (κ2) is 11.6. The van der Waals surface area contributed by atoms with Gasteiger partial charge in [0.25, 0.3) is 0 Å². The smallest absolute Gasteiger partial charge is 0.243 e. The Labute approximate surface area is 193 Å². The van der Waals surface area contributed by atoms with Crippen molar-refractivity contribution in [1.82, 2.24) is 10.2 Å². The minimum atomic E-state index is -0.388. The van der Waals surface area contributed by atoms with E-state index in [4.69, 9.17) is 4.74 Å². The number of piperazine rings is 1. The second-order valence-electron chi connectivity index (χ2n) is 6.63. The number of carbonyl (C=O) groups excluding carboxylic acids is 1. The lowest BCUT2D eigenvalue weighted by molar-refractivity contribution is -0.115. The Hall–Kier alpha value is -2.56. The largest absolute Gasteiger partial charge is 0.497 e. The highest BCUT2D eigenvalue weighted by molar-refractivity contribution is 14.0. The van der Waals surface area contributed by atoms with Crippen molar-refractivity contribution in [2.45, 2.75) is 0 Å². The Morgan fingerprint density at radius 3 is 2.43 bits per heavy atom. The van der Waals surface area contributed by atoms with E-state index in [1.165, 1.54) is 12.1 Å². The van der Waals surface area contributed by atoms with Crippen molar-refractivity contribution < 1.29 is 13.9 Å². The van der Waals surface area contributed by atoms with Gasteiger partial charge < -0.3 is 25.2 Å². The Morgan fingerprint density at radius 2 is 1.83 bits per heavy atom. The number of amides is 1. The maximum absolute atomic E-state index is 13.2. The Balaban J connectivity index is 0.00000320. The number of aliphatic imine (C=N–C) groups is 1. The molecule has 0 atom stereocenters. The van der Waals surface area contributed by atoms with Gasteiger partial charge in [0.15, 0.2) is 5.96 Å². The van der Waals surface area contributed by atoms with Gasteiger partial charge in [0, 0.05) is 44.6 Å². The topological polar surface area (TPSA) is 69.2 Å². The molecule has 1 aliphatic rings. The van der Waals surface area contributed by atoms with Crippen LogP contribution in [0.1, 0.15) is 0 Å². The van der Waals surface area contributed by atoms with Crippen molar-refractivity contribution in [3.05, 3.63) is 54.3 Å². The van der Waals surface area contributed by atoms with Gasteiger partial charge in [-0.3, -0.25) is 9.79 Å². The Kier molecular flexibility index (Phi) is 9.15. The normalized spacial score (nSPS) is 14.0. The number of nitrogens with zero attached hydrogens (tertiary/aromatic N) is 3. The van der Waals surface area contributed by atoms with E-state index in [0.29, 0.717) is 11.6 Å². The summed E-state index contributed by atoms with van der Waals surface area (Å²) in [6.45, 7) is 3.33. The van der Waals surface area contributed by atoms with Crippen LogP contribution in [0.25, 0.3) is 0 Å². The molecule has 3 rings (SSSR count). The number of carbonyl (C=O) groups is 1. The van der Waals surface area contributed by atoms with Crippen LogP contribution < -0.4 is 20.3 Å². The van der Waals surface area contributed by atoms with Crippen LogP contribution >= 0.6 is 24.0 Å². The fraction of sp³-hybridized carbons (Fsp3) is 0.333. The van der Waals surface area contributed by atoms with Gasteiger partial charge in [-0.2, -0.15) is 0 Å². The van der Waals surface area contributed by atoms with Gasteiger partial charge in [-0.1, -0.05) is 6.07 Å². The lowest BCUT2D eigenvalue weighted by Gasteiger charge is -2.37. The van der Waals surface area contributed by atoms with E-state index >= 15 is 0 Å². The second-order valence-corrected chi connectivity index (χ2v) is 6.63. The number of methoxy groups -OCH3 is 1. The van der Waals surface area contributed by atoms with Crippen LogP contribution in [-0.4, -0.2) is 63.6 Å². The number of guanidine groups is 1. The molecule has 0 spiro atoms. The summed E-state index contributed by atoms with van der Waals surface area (Å²) in [6, 6.07) is 13.8. The molecule has 9 heteroatoms. The van der Waals surface area contributed by atoms with Crippen molar-refractivity contribution in [3.63, 3.8) is 0 Å². The summed E-state index contributed by atoms with van der Waals surface area (Å²) in [7, 11) is 3.35. The molecule has 0 aromatic heterocycles. The van der Waals surface area contributed by atoms with Crippen molar-refractivity contribution >= 4 is 47.2 Å². The molecule has 0 bridgehead atoms. The van der Waals surface area contributed by atoms with Crippen molar-refractivity contribution in [2.75, 3.05) is 57.1 Å². The molecule has 1 amide bonds. The minimum Gasteiger partial charge on any atom is -0.497 e. The number of anilines is 2. The average Bonchev–Trinajstić information content (AvgIpc) is 2.75. The molecule has 7 nitrogen and oxygen atoms in total. The first-order valence-corrected chi connectivity index (χ1v) is 9.49. The van der Waals surface area contributed by atoms with Gasteiger partial charge in [0.2, 0.25) is 5.91 Å². The Morgan fingerprint density at radius 1 is 1.13 bits per heavy atom. The van der Waals surface area contributed by atoms with E-state index in [0.717, 1.165) is 37.6 Å². The molecule has 1 aliphatic heterocycles. The highest BCUT2D eigenvalue weighted by atomic mass is 127. The van der Waals surface area contributed by atoms with Crippen LogP contribution in [0.5, 0.6) is 5.75 Å². The molecule has 162 valence electrons. The summed E-state index contributed by atoms with van der Waals surface area (Å²) in [4.78, 5) is 20.8. The van der Waals surface area contributed by atoms with Crippen molar-refractivity contribution in [3.8, 4) is 5.75 Å². The number of rotatable bonds is 5. The van der Waals surface area contributed by atoms with Gasteiger partial charge in [-0.15, -0.1) is 24.0 Å². The molecule has 0 unspecified atom stereocenters. The standard InChI is InChI=1S/C21H26FN5O2.HI/c1-23-21(24-15-20(28)25-17-5-3-4-16(22)14-17)27-12-10-26(11-13-27)18-6-8-19(29-2)9-7-18;/h3-9,14H,10-13,15H2,1-2H3,(H,23,24)(H,25,28);1H. The summed E-state index contributed by atoms with van der Waals surface area (Å²) in [5.74, 6) is 0.872. The van der Waals surface area contributed by atoms with Crippen LogP contribution in [-0.2, 0) is 4.79 Å². The van der Waals surface area contributed by atoms with Crippen LogP contribution in [0.4, 0.5) is 15.8 Å². The van der Waals surface area contributed by atoms with E-state index in [-0.39, 0.29) is 42.2 Å². The zero-order valence-electron chi connectivity index (χ0n) is 17.1. The monoisotopic (exact) mass is 527 g/mol. The van der Waals surface area contributed by atoms with Gasteiger partial charge in [-0.25, -0.2) is 4.39 Å².